The molecule has 6 heteroatoms. The van der Waals surface area contributed by atoms with E-state index in [1.165, 1.54) is 16.4 Å². The number of hydrogen-bond acceptors (Lipinski definition) is 3. The zero-order valence-electron chi connectivity index (χ0n) is 14.9. The van der Waals surface area contributed by atoms with E-state index in [9.17, 15) is 12.8 Å². The highest BCUT2D eigenvalue weighted by Crippen LogP contribution is 2.27. The minimum Gasteiger partial charge on any atom is -0.494 e. The van der Waals surface area contributed by atoms with Gasteiger partial charge in [-0.2, -0.15) is 0 Å². The average molecular weight is 385 g/mol. The molecule has 0 bridgehead atoms. The molecule has 4 nitrogen and oxygen atoms in total. The van der Waals surface area contributed by atoms with Gasteiger partial charge in [-0.15, -0.1) is 0 Å². The van der Waals surface area contributed by atoms with Gasteiger partial charge in [-0.3, -0.25) is 4.31 Å². The molecule has 0 aliphatic carbocycles. The molecule has 0 aromatic heterocycles. The second kappa shape index (κ2) is 8.22. The molecule has 0 aliphatic rings. The Hall–Kier alpha value is -2.86. The van der Waals surface area contributed by atoms with Crippen molar-refractivity contribution in [1.29, 1.82) is 0 Å². The second-order valence-electron chi connectivity index (χ2n) is 5.88. The van der Waals surface area contributed by atoms with Crippen molar-refractivity contribution in [2.24, 2.45) is 0 Å². The third kappa shape index (κ3) is 4.46. The molecule has 0 aliphatic heterocycles. The monoisotopic (exact) mass is 385 g/mol. The molecule has 0 unspecified atom stereocenters. The largest absolute Gasteiger partial charge is 0.494 e. The van der Waals surface area contributed by atoms with Gasteiger partial charge in [-0.1, -0.05) is 30.3 Å². The molecule has 0 saturated carbocycles. The Labute approximate surface area is 158 Å². The summed E-state index contributed by atoms with van der Waals surface area (Å²) in [7, 11) is -3.79. The minimum absolute atomic E-state index is 0.0888. The molecule has 0 atom stereocenters. The van der Waals surface area contributed by atoms with Crippen LogP contribution in [0.25, 0.3) is 0 Å². The Bertz CT molecular complexity index is 972. The van der Waals surface area contributed by atoms with Crippen molar-refractivity contribution in [2.75, 3.05) is 10.9 Å². The summed E-state index contributed by atoms with van der Waals surface area (Å²) >= 11 is 0. The summed E-state index contributed by atoms with van der Waals surface area (Å²) in [5, 5.41) is 0. The Kier molecular flexibility index (Phi) is 5.76. The molecule has 0 radical (unpaired) electrons. The van der Waals surface area contributed by atoms with E-state index in [-0.39, 0.29) is 17.3 Å². The maximum Gasteiger partial charge on any atom is 0.264 e. The summed E-state index contributed by atoms with van der Waals surface area (Å²) in [5.41, 5.74) is 1.19. The fourth-order valence-corrected chi connectivity index (χ4v) is 4.14. The minimum atomic E-state index is -3.79. The zero-order chi connectivity index (χ0) is 19.3. The topological polar surface area (TPSA) is 46.6 Å². The molecule has 140 valence electrons. The number of rotatable bonds is 7. The van der Waals surface area contributed by atoms with E-state index in [4.69, 9.17) is 4.74 Å². The molecular formula is C21H20FNO3S. The van der Waals surface area contributed by atoms with E-state index in [1.54, 1.807) is 66.7 Å². The summed E-state index contributed by atoms with van der Waals surface area (Å²) in [6.45, 7) is 2.50. The van der Waals surface area contributed by atoms with Crippen molar-refractivity contribution in [1.82, 2.24) is 0 Å². The standard InChI is InChI=1S/C21H20FNO3S/c1-2-26-20-14-12-19(13-15-20)23(16-17-8-10-18(22)11-9-17)27(24,25)21-6-4-3-5-7-21/h3-15H,2,16H2,1H3. The van der Waals surface area contributed by atoms with E-state index < -0.39 is 10.0 Å². The Morgan fingerprint density at radius 2 is 1.52 bits per heavy atom. The number of halogens is 1. The molecule has 0 heterocycles. The fourth-order valence-electron chi connectivity index (χ4n) is 2.67. The van der Waals surface area contributed by atoms with Gasteiger partial charge in [0.15, 0.2) is 0 Å². The second-order valence-corrected chi connectivity index (χ2v) is 7.74. The highest BCUT2D eigenvalue weighted by molar-refractivity contribution is 7.92. The van der Waals surface area contributed by atoms with E-state index in [0.29, 0.717) is 23.6 Å². The van der Waals surface area contributed by atoms with Crippen LogP contribution in [0.5, 0.6) is 5.75 Å². The smallest absolute Gasteiger partial charge is 0.264 e. The van der Waals surface area contributed by atoms with Gasteiger partial charge >= 0.3 is 0 Å². The predicted molar refractivity (Wildman–Crippen MR) is 104 cm³/mol. The van der Waals surface area contributed by atoms with Crippen molar-refractivity contribution in [2.45, 2.75) is 18.4 Å². The molecule has 0 amide bonds. The van der Waals surface area contributed by atoms with Crippen LogP contribution < -0.4 is 9.04 Å². The quantitative estimate of drug-likeness (QED) is 0.596. The van der Waals surface area contributed by atoms with Crippen molar-refractivity contribution in [3.63, 3.8) is 0 Å². The van der Waals surface area contributed by atoms with Gasteiger partial charge in [0.05, 0.1) is 23.7 Å². The number of ether oxygens (including phenoxy) is 1. The molecule has 27 heavy (non-hydrogen) atoms. The molecule has 0 fully saturated rings. The molecule has 0 N–H and O–H groups in total. The normalized spacial score (nSPS) is 11.2. The first kappa shape index (κ1) is 18.9. The zero-order valence-corrected chi connectivity index (χ0v) is 15.7. The van der Waals surface area contributed by atoms with Crippen molar-refractivity contribution in [3.8, 4) is 5.75 Å². The summed E-state index contributed by atoms with van der Waals surface area (Å²) in [6, 6.07) is 20.9. The number of nitrogens with zero attached hydrogens (tertiary/aromatic N) is 1. The van der Waals surface area contributed by atoms with Crippen LogP contribution in [0.1, 0.15) is 12.5 Å². The summed E-state index contributed by atoms with van der Waals surface area (Å²) in [5.74, 6) is 0.303. The lowest BCUT2D eigenvalue weighted by molar-refractivity contribution is 0.340. The number of sulfonamides is 1. The average Bonchev–Trinajstić information content (AvgIpc) is 2.69. The molecule has 3 aromatic rings. The number of benzene rings is 3. The van der Waals surface area contributed by atoms with Crippen LogP contribution in [-0.4, -0.2) is 15.0 Å². The lowest BCUT2D eigenvalue weighted by Crippen LogP contribution is -2.30. The summed E-state index contributed by atoms with van der Waals surface area (Å²) in [4.78, 5) is 0.195. The van der Waals surface area contributed by atoms with Gasteiger partial charge in [-0.05, 0) is 61.0 Å². The van der Waals surface area contributed by atoms with Gasteiger partial charge in [0.25, 0.3) is 10.0 Å². The lowest BCUT2D eigenvalue weighted by Gasteiger charge is -2.25. The third-order valence-electron chi connectivity index (χ3n) is 4.01. The Morgan fingerprint density at radius 3 is 2.11 bits per heavy atom. The highest BCUT2D eigenvalue weighted by atomic mass is 32.2. The van der Waals surface area contributed by atoms with Crippen LogP contribution in [0.4, 0.5) is 10.1 Å². The van der Waals surface area contributed by atoms with Gasteiger partial charge < -0.3 is 4.74 Å². The van der Waals surface area contributed by atoms with E-state index in [2.05, 4.69) is 0 Å². The van der Waals surface area contributed by atoms with Crippen molar-refractivity contribution in [3.05, 3.63) is 90.2 Å². The molecule has 3 aromatic carbocycles. The van der Waals surface area contributed by atoms with Crippen molar-refractivity contribution < 1.29 is 17.5 Å². The van der Waals surface area contributed by atoms with Gasteiger partial charge in [0, 0.05) is 0 Å². The first-order chi connectivity index (χ1) is 13.0. The first-order valence-corrected chi connectivity index (χ1v) is 10.00. The van der Waals surface area contributed by atoms with E-state index >= 15 is 0 Å². The van der Waals surface area contributed by atoms with E-state index in [0.717, 1.165) is 0 Å². The SMILES string of the molecule is CCOc1ccc(N(Cc2ccc(F)cc2)S(=O)(=O)c2ccccc2)cc1. The summed E-state index contributed by atoms with van der Waals surface area (Å²) in [6.07, 6.45) is 0. The van der Waals surface area contributed by atoms with Crippen LogP contribution in [0.15, 0.2) is 83.8 Å². The van der Waals surface area contributed by atoms with Crippen molar-refractivity contribution >= 4 is 15.7 Å². The predicted octanol–water partition coefficient (Wildman–Crippen LogP) is 4.62. The fraction of sp³-hybridized carbons (Fsp3) is 0.143. The van der Waals surface area contributed by atoms with Crippen LogP contribution in [0.2, 0.25) is 0 Å². The molecule has 0 saturated heterocycles. The number of hydrogen-bond donors (Lipinski definition) is 0. The van der Waals surface area contributed by atoms with E-state index in [1.807, 2.05) is 6.92 Å². The third-order valence-corrected chi connectivity index (χ3v) is 5.79. The van der Waals surface area contributed by atoms with Gasteiger partial charge in [0.2, 0.25) is 0 Å². The highest BCUT2D eigenvalue weighted by Gasteiger charge is 2.25. The van der Waals surface area contributed by atoms with Crippen LogP contribution in [0.3, 0.4) is 0 Å². The van der Waals surface area contributed by atoms with Gasteiger partial charge in [-0.25, -0.2) is 12.8 Å². The molecular weight excluding hydrogens is 365 g/mol. The van der Waals surface area contributed by atoms with Gasteiger partial charge in [0.1, 0.15) is 11.6 Å². The Morgan fingerprint density at radius 1 is 0.889 bits per heavy atom. The van der Waals surface area contributed by atoms with Crippen LogP contribution in [-0.2, 0) is 16.6 Å². The lowest BCUT2D eigenvalue weighted by atomic mass is 10.2. The summed E-state index contributed by atoms with van der Waals surface area (Å²) < 4.78 is 46.4. The first-order valence-electron chi connectivity index (χ1n) is 8.56. The Balaban J connectivity index is 2.01. The van der Waals surface area contributed by atoms with Crippen LogP contribution in [0, 0.1) is 5.82 Å². The maximum absolute atomic E-state index is 13.2. The maximum atomic E-state index is 13.2. The molecule has 3 rings (SSSR count). The molecule has 0 spiro atoms. The van der Waals surface area contributed by atoms with Crippen LogP contribution >= 0.6 is 0 Å². The number of anilines is 1.